The van der Waals surface area contributed by atoms with Gasteiger partial charge in [0, 0.05) is 6.42 Å². The van der Waals surface area contributed by atoms with Crippen molar-refractivity contribution in [2.24, 2.45) is 0 Å². The lowest BCUT2D eigenvalue weighted by atomic mass is 10.1. The zero-order valence-electron chi connectivity index (χ0n) is 23.0. The van der Waals surface area contributed by atoms with Crippen molar-refractivity contribution in [2.45, 2.75) is 96.1 Å². The zero-order valence-corrected chi connectivity index (χ0v) is 24.0. The molecule has 0 spiro atoms. The van der Waals surface area contributed by atoms with E-state index >= 15 is 0 Å². The fourth-order valence-corrected chi connectivity index (χ4v) is 10.3. The molecule has 0 radical (unpaired) electrons. The topological polar surface area (TPSA) is 65.1 Å². The number of benzene rings is 2. The maximum absolute atomic E-state index is 12.8. The summed E-state index contributed by atoms with van der Waals surface area (Å²) in [5, 5.41) is 2.36. The van der Waals surface area contributed by atoms with E-state index in [-0.39, 0.29) is 29.2 Å². The van der Waals surface area contributed by atoms with Crippen LogP contribution >= 0.6 is 0 Å². The minimum absolute atomic E-state index is 0.0946. The third-order valence-electron chi connectivity index (χ3n) is 7.32. The number of likely N-dealkylation sites (tertiary alicyclic amines) is 1. The highest BCUT2D eigenvalue weighted by atomic mass is 28.4. The van der Waals surface area contributed by atoms with Crippen molar-refractivity contribution in [3.05, 3.63) is 60.7 Å². The van der Waals surface area contributed by atoms with Crippen molar-refractivity contribution in [2.75, 3.05) is 6.61 Å². The van der Waals surface area contributed by atoms with Gasteiger partial charge in [0.05, 0.1) is 24.9 Å². The third kappa shape index (κ3) is 5.84. The number of hydrogen-bond acceptors (Lipinski definition) is 5. The molecule has 200 valence electrons. The number of imide groups is 1. The van der Waals surface area contributed by atoms with Gasteiger partial charge in [-0.05, 0) is 55.4 Å². The predicted molar refractivity (Wildman–Crippen MR) is 148 cm³/mol. The van der Waals surface area contributed by atoms with Crippen LogP contribution in [0.4, 0.5) is 4.79 Å². The summed E-state index contributed by atoms with van der Waals surface area (Å²) in [6.45, 7) is 12.7. The van der Waals surface area contributed by atoms with E-state index in [0.29, 0.717) is 19.4 Å². The first-order chi connectivity index (χ1) is 17.4. The number of carbonyl (C=O) groups excluding carboxylic acids is 2. The molecule has 0 bridgehead atoms. The summed E-state index contributed by atoms with van der Waals surface area (Å²) >= 11 is 0. The molecule has 6 nitrogen and oxygen atoms in total. The molecule has 2 heterocycles. The van der Waals surface area contributed by atoms with E-state index in [9.17, 15) is 9.59 Å². The lowest BCUT2D eigenvalue weighted by molar-refractivity contribution is -0.130. The Balaban J connectivity index is 1.52. The fourth-order valence-electron chi connectivity index (χ4n) is 5.73. The standard InChI is InChI=1S/C30H41NO5Si/c1-29(2,3)36-28(33)31-25(18-20-27(31)32)26-19-17-22(35-26)21-34-37(30(4,5)6,23-13-9-7-10-14-23)24-15-11-8-12-16-24/h7-16,22,25-26H,17-21H2,1-6H3/t22-,25+,26+/m1/s1. The van der Waals surface area contributed by atoms with Crippen LogP contribution in [0.1, 0.15) is 67.2 Å². The Morgan fingerprint density at radius 1 is 0.919 bits per heavy atom. The number of amides is 2. The molecule has 0 unspecified atom stereocenters. The summed E-state index contributed by atoms with van der Waals surface area (Å²) in [5.74, 6) is -0.185. The number of nitrogens with zero attached hydrogens (tertiary/aromatic N) is 1. The highest BCUT2D eigenvalue weighted by Gasteiger charge is 2.51. The van der Waals surface area contributed by atoms with Crippen LogP contribution in [-0.4, -0.2) is 55.7 Å². The molecule has 2 aliphatic heterocycles. The second-order valence-corrected chi connectivity index (χ2v) is 16.5. The maximum atomic E-state index is 12.8. The summed E-state index contributed by atoms with van der Waals surface area (Å²) in [7, 11) is -2.66. The van der Waals surface area contributed by atoms with Crippen LogP contribution in [0.2, 0.25) is 5.04 Å². The van der Waals surface area contributed by atoms with Crippen molar-refractivity contribution < 1.29 is 23.5 Å². The van der Waals surface area contributed by atoms with E-state index in [1.807, 2.05) is 32.9 Å². The summed E-state index contributed by atoms with van der Waals surface area (Å²) in [4.78, 5) is 26.7. The van der Waals surface area contributed by atoms with Crippen molar-refractivity contribution in [3.8, 4) is 0 Å². The third-order valence-corrected chi connectivity index (χ3v) is 12.3. The highest BCUT2D eigenvalue weighted by Crippen LogP contribution is 2.38. The van der Waals surface area contributed by atoms with Gasteiger partial charge in [0.15, 0.2) is 0 Å². The van der Waals surface area contributed by atoms with E-state index in [4.69, 9.17) is 13.9 Å². The van der Waals surface area contributed by atoms with Gasteiger partial charge in [-0.2, -0.15) is 0 Å². The normalized spacial score (nSPS) is 22.9. The number of rotatable bonds is 6. The average Bonchev–Trinajstić information content (AvgIpc) is 3.45. The monoisotopic (exact) mass is 523 g/mol. The SMILES string of the molecule is CC(C)(C)OC(=O)N1C(=O)CC[C@H]1[C@@H]1CC[C@H](CO[Si](c2ccccc2)(c2ccccc2)C(C)(C)C)O1. The zero-order chi connectivity index (χ0) is 26.8. The van der Waals surface area contributed by atoms with Gasteiger partial charge < -0.3 is 13.9 Å². The smallest absolute Gasteiger partial charge is 0.417 e. The fraction of sp³-hybridized carbons (Fsp3) is 0.533. The second-order valence-electron chi connectivity index (χ2n) is 12.2. The Morgan fingerprint density at radius 3 is 2.00 bits per heavy atom. The molecule has 4 rings (SSSR count). The Morgan fingerprint density at radius 2 is 1.49 bits per heavy atom. The Labute approximate surface area is 222 Å². The van der Waals surface area contributed by atoms with Crippen molar-refractivity contribution in [3.63, 3.8) is 0 Å². The number of ether oxygens (including phenoxy) is 2. The van der Waals surface area contributed by atoms with E-state index in [2.05, 4.69) is 69.3 Å². The summed E-state index contributed by atoms with van der Waals surface area (Å²) in [6, 6.07) is 20.9. The van der Waals surface area contributed by atoms with Gasteiger partial charge in [-0.3, -0.25) is 4.79 Å². The molecule has 0 saturated carbocycles. The van der Waals surface area contributed by atoms with E-state index in [0.717, 1.165) is 12.8 Å². The van der Waals surface area contributed by atoms with Gasteiger partial charge >= 0.3 is 6.09 Å². The van der Waals surface area contributed by atoms with Gasteiger partial charge in [0.1, 0.15) is 5.60 Å². The van der Waals surface area contributed by atoms with Crippen LogP contribution in [0, 0.1) is 0 Å². The van der Waals surface area contributed by atoms with Crippen molar-refractivity contribution in [1.29, 1.82) is 0 Å². The number of carbonyl (C=O) groups is 2. The lowest BCUT2D eigenvalue weighted by Crippen LogP contribution is -2.67. The van der Waals surface area contributed by atoms with Gasteiger partial charge in [-0.15, -0.1) is 0 Å². The maximum Gasteiger partial charge on any atom is 0.417 e. The summed E-state index contributed by atoms with van der Waals surface area (Å²) in [5.41, 5.74) is -0.660. The minimum atomic E-state index is -2.66. The average molecular weight is 524 g/mol. The first-order valence-electron chi connectivity index (χ1n) is 13.4. The largest absolute Gasteiger partial charge is 0.443 e. The quantitative estimate of drug-likeness (QED) is 0.497. The molecule has 2 aromatic rings. The van der Waals surface area contributed by atoms with E-state index in [1.165, 1.54) is 15.3 Å². The van der Waals surface area contributed by atoms with Crippen LogP contribution in [-0.2, 0) is 18.7 Å². The number of hydrogen-bond donors (Lipinski definition) is 0. The Hall–Kier alpha value is -2.48. The predicted octanol–water partition coefficient (Wildman–Crippen LogP) is 5.04. The lowest BCUT2D eigenvalue weighted by Gasteiger charge is -2.43. The van der Waals surface area contributed by atoms with Crippen LogP contribution in [0.3, 0.4) is 0 Å². The Kier molecular flexibility index (Phi) is 7.98. The minimum Gasteiger partial charge on any atom is -0.443 e. The molecular weight excluding hydrogens is 482 g/mol. The molecule has 7 heteroatoms. The molecular formula is C30H41NO5Si. The van der Waals surface area contributed by atoms with Crippen LogP contribution in [0.25, 0.3) is 0 Å². The summed E-state index contributed by atoms with van der Waals surface area (Å²) < 4.78 is 19.1. The van der Waals surface area contributed by atoms with E-state index < -0.39 is 20.0 Å². The molecule has 2 aliphatic rings. The van der Waals surface area contributed by atoms with Gasteiger partial charge in [-0.1, -0.05) is 81.4 Å². The van der Waals surface area contributed by atoms with Gasteiger partial charge in [0.25, 0.3) is 8.32 Å². The highest BCUT2D eigenvalue weighted by molar-refractivity contribution is 6.99. The molecule has 2 fully saturated rings. The first kappa shape index (κ1) is 27.5. The molecule has 0 aromatic heterocycles. The van der Waals surface area contributed by atoms with Crippen LogP contribution < -0.4 is 10.4 Å². The van der Waals surface area contributed by atoms with Crippen LogP contribution in [0.5, 0.6) is 0 Å². The molecule has 2 saturated heterocycles. The molecule has 2 aromatic carbocycles. The van der Waals surface area contributed by atoms with E-state index in [1.54, 1.807) is 0 Å². The molecule has 2 amide bonds. The molecule has 3 atom stereocenters. The van der Waals surface area contributed by atoms with Gasteiger partial charge in [0.2, 0.25) is 5.91 Å². The Bertz CT molecular complexity index is 1040. The second kappa shape index (κ2) is 10.7. The summed E-state index contributed by atoms with van der Waals surface area (Å²) in [6.07, 6.45) is 1.69. The molecule has 0 N–H and O–H groups in total. The van der Waals surface area contributed by atoms with Crippen molar-refractivity contribution >= 4 is 30.7 Å². The first-order valence-corrected chi connectivity index (χ1v) is 15.3. The molecule has 37 heavy (non-hydrogen) atoms. The molecule has 0 aliphatic carbocycles. The van der Waals surface area contributed by atoms with Gasteiger partial charge in [-0.25, -0.2) is 9.69 Å². The van der Waals surface area contributed by atoms with Crippen LogP contribution in [0.15, 0.2) is 60.7 Å². The van der Waals surface area contributed by atoms with Crippen molar-refractivity contribution in [1.82, 2.24) is 4.90 Å².